The van der Waals surface area contributed by atoms with E-state index in [1.807, 2.05) is 24.3 Å². The zero-order valence-corrected chi connectivity index (χ0v) is 16.8. The van der Waals surface area contributed by atoms with Gasteiger partial charge >= 0.3 is 0 Å². The van der Waals surface area contributed by atoms with E-state index in [0.29, 0.717) is 18.7 Å². The summed E-state index contributed by atoms with van der Waals surface area (Å²) in [5, 5.41) is 2.88. The number of para-hydroxylation sites is 2. The molecule has 0 atom stereocenters. The number of hydrogen-bond donors (Lipinski definition) is 1. The predicted octanol–water partition coefficient (Wildman–Crippen LogP) is 4.31. The Labute approximate surface area is 166 Å². The number of hydrogen-bond acceptors (Lipinski definition) is 3. The minimum absolute atomic E-state index is 0.156. The first-order valence-electron chi connectivity index (χ1n) is 9.53. The largest absolute Gasteiger partial charge is 0.493 e. The lowest BCUT2D eigenvalue weighted by molar-refractivity contribution is -0.117. The number of benzene rings is 2. The summed E-state index contributed by atoms with van der Waals surface area (Å²) in [6, 6.07) is 14.2. The monoisotopic (exact) mass is 377 g/mol. The Hall–Kier alpha value is -3.08. The van der Waals surface area contributed by atoms with Crippen LogP contribution in [-0.2, 0) is 17.9 Å². The van der Waals surface area contributed by atoms with Crippen molar-refractivity contribution < 1.29 is 9.53 Å². The highest BCUT2D eigenvalue weighted by molar-refractivity contribution is 5.92. The van der Waals surface area contributed by atoms with E-state index in [1.165, 1.54) is 5.56 Å². The van der Waals surface area contributed by atoms with Crippen LogP contribution in [0.1, 0.15) is 30.3 Å². The summed E-state index contributed by atoms with van der Waals surface area (Å²) >= 11 is 0. The zero-order chi connectivity index (χ0) is 20.1. The van der Waals surface area contributed by atoms with E-state index in [1.54, 1.807) is 6.92 Å². The van der Waals surface area contributed by atoms with Gasteiger partial charge in [0.1, 0.15) is 11.6 Å². The van der Waals surface area contributed by atoms with Gasteiger partial charge in [-0.15, -0.1) is 0 Å². The molecule has 5 nitrogen and oxygen atoms in total. The van der Waals surface area contributed by atoms with E-state index in [9.17, 15) is 4.79 Å². The van der Waals surface area contributed by atoms with Gasteiger partial charge in [-0.2, -0.15) is 0 Å². The van der Waals surface area contributed by atoms with Crippen LogP contribution in [0, 0.1) is 13.8 Å². The van der Waals surface area contributed by atoms with Gasteiger partial charge in [0.15, 0.2) is 0 Å². The summed E-state index contributed by atoms with van der Waals surface area (Å²) in [6.07, 6.45) is 0.842. The molecule has 5 heteroatoms. The molecule has 1 amide bonds. The number of fused-ring (bicyclic) bond motifs is 1. The van der Waals surface area contributed by atoms with Crippen molar-refractivity contribution in [1.82, 2.24) is 14.9 Å². The van der Waals surface area contributed by atoms with Crippen LogP contribution in [0.15, 0.2) is 54.6 Å². The van der Waals surface area contributed by atoms with Crippen molar-refractivity contribution in [2.75, 3.05) is 6.61 Å². The second kappa shape index (κ2) is 8.74. The van der Waals surface area contributed by atoms with Crippen LogP contribution in [0.4, 0.5) is 0 Å². The Bertz CT molecular complexity index is 1000. The van der Waals surface area contributed by atoms with E-state index in [0.717, 1.165) is 41.1 Å². The number of ether oxygens (including phenoxy) is 1. The summed E-state index contributed by atoms with van der Waals surface area (Å²) < 4.78 is 8.11. The lowest BCUT2D eigenvalue weighted by Gasteiger charge is -2.12. The van der Waals surface area contributed by atoms with Crippen molar-refractivity contribution in [2.45, 2.75) is 40.3 Å². The molecule has 2 aromatic carbocycles. The number of rotatable bonds is 8. The van der Waals surface area contributed by atoms with Crippen molar-refractivity contribution in [3.8, 4) is 5.75 Å². The predicted molar refractivity (Wildman–Crippen MR) is 112 cm³/mol. The van der Waals surface area contributed by atoms with E-state index in [-0.39, 0.29) is 5.91 Å². The van der Waals surface area contributed by atoms with Gasteiger partial charge in [-0.3, -0.25) is 4.79 Å². The quantitative estimate of drug-likeness (QED) is 0.470. The van der Waals surface area contributed by atoms with Gasteiger partial charge in [0.2, 0.25) is 5.91 Å². The molecule has 0 unspecified atom stereocenters. The average Bonchev–Trinajstić information content (AvgIpc) is 3.02. The summed E-state index contributed by atoms with van der Waals surface area (Å²) in [5.41, 5.74) is 4.86. The first-order valence-corrected chi connectivity index (χ1v) is 9.53. The number of carbonyl (C=O) groups is 1. The van der Waals surface area contributed by atoms with Crippen LogP contribution in [0.5, 0.6) is 5.75 Å². The topological polar surface area (TPSA) is 56.2 Å². The highest BCUT2D eigenvalue weighted by atomic mass is 16.5. The maximum atomic E-state index is 11.8. The third-order valence-corrected chi connectivity index (χ3v) is 4.64. The van der Waals surface area contributed by atoms with Crippen LogP contribution in [0.3, 0.4) is 0 Å². The molecule has 0 aliphatic heterocycles. The second-order valence-corrected chi connectivity index (χ2v) is 7.10. The number of amides is 1. The van der Waals surface area contributed by atoms with Gasteiger partial charge in [0.05, 0.1) is 24.2 Å². The molecule has 146 valence electrons. The first-order chi connectivity index (χ1) is 13.5. The fourth-order valence-corrected chi connectivity index (χ4v) is 3.19. The number of carbonyl (C=O) groups excluding carboxylic acids is 1. The molecule has 28 heavy (non-hydrogen) atoms. The first kappa shape index (κ1) is 19.7. The number of aryl methyl sites for hydroxylation is 3. The molecule has 0 aliphatic rings. The van der Waals surface area contributed by atoms with Gasteiger partial charge in [0, 0.05) is 12.1 Å². The fourth-order valence-electron chi connectivity index (χ4n) is 3.19. The SMILES string of the molecule is C=C(C)C(=O)NCc1nc2ccccc2n1CCCOc1ccc(C)cc1C. The molecule has 0 saturated carbocycles. The van der Waals surface area contributed by atoms with Crippen molar-refractivity contribution in [3.63, 3.8) is 0 Å². The number of nitrogens with zero attached hydrogens (tertiary/aromatic N) is 2. The lowest BCUT2D eigenvalue weighted by atomic mass is 10.1. The number of aromatic nitrogens is 2. The molecular formula is C23H27N3O2. The minimum Gasteiger partial charge on any atom is -0.493 e. The molecule has 0 saturated heterocycles. The maximum absolute atomic E-state index is 11.8. The molecule has 0 radical (unpaired) electrons. The summed E-state index contributed by atoms with van der Waals surface area (Å²) in [6.45, 7) is 11.3. The molecular weight excluding hydrogens is 350 g/mol. The van der Waals surface area contributed by atoms with Gasteiger partial charge in [0.25, 0.3) is 0 Å². The van der Waals surface area contributed by atoms with Crippen molar-refractivity contribution in [1.29, 1.82) is 0 Å². The Morgan fingerprint density at radius 3 is 2.75 bits per heavy atom. The molecule has 3 rings (SSSR count). The van der Waals surface area contributed by atoms with Gasteiger partial charge < -0.3 is 14.6 Å². The van der Waals surface area contributed by atoms with Crippen molar-refractivity contribution >= 4 is 16.9 Å². The third-order valence-electron chi connectivity index (χ3n) is 4.64. The molecule has 0 aliphatic carbocycles. The second-order valence-electron chi connectivity index (χ2n) is 7.10. The normalized spacial score (nSPS) is 10.8. The number of nitrogens with one attached hydrogen (secondary N) is 1. The average molecular weight is 377 g/mol. The van der Waals surface area contributed by atoms with E-state index in [4.69, 9.17) is 4.74 Å². The van der Waals surface area contributed by atoms with Gasteiger partial charge in [-0.1, -0.05) is 36.4 Å². The maximum Gasteiger partial charge on any atom is 0.246 e. The summed E-state index contributed by atoms with van der Waals surface area (Å²) in [7, 11) is 0. The molecule has 1 N–H and O–H groups in total. The van der Waals surface area contributed by atoms with Crippen LogP contribution >= 0.6 is 0 Å². The molecule has 0 fully saturated rings. The molecule has 0 spiro atoms. The van der Waals surface area contributed by atoms with Crippen molar-refractivity contribution in [3.05, 3.63) is 71.6 Å². The van der Waals surface area contributed by atoms with Crippen LogP contribution in [-0.4, -0.2) is 22.1 Å². The molecule has 3 aromatic rings. The smallest absolute Gasteiger partial charge is 0.246 e. The molecule has 1 aromatic heterocycles. The van der Waals surface area contributed by atoms with Gasteiger partial charge in [-0.25, -0.2) is 4.98 Å². The summed E-state index contributed by atoms with van der Waals surface area (Å²) in [5.74, 6) is 1.61. The zero-order valence-electron chi connectivity index (χ0n) is 16.8. The molecule has 0 bridgehead atoms. The Morgan fingerprint density at radius 1 is 1.21 bits per heavy atom. The Morgan fingerprint density at radius 2 is 2.00 bits per heavy atom. The van der Waals surface area contributed by atoms with Crippen LogP contribution < -0.4 is 10.1 Å². The highest BCUT2D eigenvalue weighted by Gasteiger charge is 2.12. The highest BCUT2D eigenvalue weighted by Crippen LogP contribution is 2.20. The lowest BCUT2D eigenvalue weighted by Crippen LogP contribution is -2.25. The van der Waals surface area contributed by atoms with E-state index in [2.05, 4.69) is 53.5 Å². The fraction of sp³-hybridized carbons (Fsp3) is 0.304. The molecule has 1 heterocycles. The van der Waals surface area contributed by atoms with Crippen molar-refractivity contribution in [2.24, 2.45) is 0 Å². The van der Waals surface area contributed by atoms with E-state index >= 15 is 0 Å². The van der Waals surface area contributed by atoms with Crippen LogP contribution in [0.25, 0.3) is 11.0 Å². The van der Waals surface area contributed by atoms with Gasteiger partial charge in [-0.05, 0) is 51.0 Å². The minimum atomic E-state index is -0.156. The van der Waals surface area contributed by atoms with E-state index < -0.39 is 0 Å². The third kappa shape index (κ3) is 4.60. The van der Waals surface area contributed by atoms with Crippen LogP contribution in [0.2, 0.25) is 0 Å². The Balaban J connectivity index is 1.67. The summed E-state index contributed by atoms with van der Waals surface area (Å²) in [4.78, 5) is 16.5. The standard InChI is InChI=1S/C23H27N3O2/c1-16(2)23(27)24-15-22-25-19-8-5-6-9-20(19)26(22)12-7-13-28-21-11-10-17(3)14-18(21)4/h5-6,8-11,14H,1,7,12-13,15H2,2-4H3,(H,24,27). The Kier molecular flexibility index (Phi) is 6.14. The number of imidazole rings is 1.